The van der Waals surface area contributed by atoms with Crippen molar-refractivity contribution in [3.05, 3.63) is 54.5 Å². The zero-order valence-electron chi connectivity index (χ0n) is 27.4. The number of para-hydroxylation sites is 1. The van der Waals surface area contributed by atoms with E-state index in [9.17, 15) is 18.9 Å². The zero-order valence-corrected chi connectivity index (χ0v) is 28.3. The largest absolute Gasteiger partial charge is 0.464 e. The number of carbonyl (C=O) groups is 3. The molecule has 0 bridgehead atoms. The monoisotopic (exact) mass is 693 g/mol. The fourth-order valence-corrected chi connectivity index (χ4v) is 6.92. The second-order valence-corrected chi connectivity index (χ2v) is 13.2. The molecule has 0 radical (unpaired) electrons. The van der Waals surface area contributed by atoms with Crippen molar-refractivity contribution in [3.63, 3.8) is 0 Å². The normalized spacial score (nSPS) is 22.6. The van der Waals surface area contributed by atoms with E-state index < -0.39 is 68.9 Å². The number of fused-ring (bicyclic) bond motifs is 1. The van der Waals surface area contributed by atoms with Crippen molar-refractivity contribution in [1.82, 2.24) is 19.7 Å². The average Bonchev–Trinajstić information content (AvgIpc) is 3.62. The summed E-state index contributed by atoms with van der Waals surface area (Å²) < 4.78 is 65.3. The summed E-state index contributed by atoms with van der Waals surface area (Å²) in [5.41, 5.74) is 2.27. The van der Waals surface area contributed by atoms with E-state index in [1.165, 1.54) is 29.6 Å². The van der Waals surface area contributed by atoms with Crippen LogP contribution in [0.25, 0.3) is 5.52 Å². The second-order valence-electron chi connectivity index (χ2n) is 11.5. The quantitative estimate of drug-likeness (QED) is 0.125. The molecule has 17 heteroatoms. The Kier molecular flexibility index (Phi) is 11.8. The summed E-state index contributed by atoms with van der Waals surface area (Å²) in [4.78, 5) is 41.9. The maximum atomic E-state index is 15.4. The number of rotatable bonds is 16. The molecule has 1 aliphatic rings. The number of carbonyl (C=O) groups excluding carboxylic acids is 3. The Morgan fingerprint density at radius 2 is 1.85 bits per heavy atom. The highest BCUT2D eigenvalue weighted by molar-refractivity contribution is 7.52. The van der Waals surface area contributed by atoms with Gasteiger partial charge in [-0.1, -0.05) is 44.9 Å². The number of nitrogens with two attached hydrogens (primary N) is 1. The highest BCUT2D eigenvalue weighted by Gasteiger charge is 2.66. The van der Waals surface area contributed by atoms with E-state index in [2.05, 4.69) is 15.2 Å². The van der Waals surface area contributed by atoms with Gasteiger partial charge in [-0.15, -0.1) is 0 Å². The molecule has 1 saturated heterocycles. The van der Waals surface area contributed by atoms with E-state index in [0.29, 0.717) is 5.52 Å². The van der Waals surface area contributed by atoms with E-state index in [1.807, 2.05) is 13.8 Å². The van der Waals surface area contributed by atoms with Crippen molar-refractivity contribution in [2.45, 2.75) is 70.8 Å². The fourth-order valence-electron chi connectivity index (χ4n) is 5.38. The van der Waals surface area contributed by atoms with Crippen LogP contribution < -0.4 is 15.3 Å². The van der Waals surface area contributed by atoms with Gasteiger partial charge in [0.05, 0.1) is 25.5 Å². The summed E-state index contributed by atoms with van der Waals surface area (Å²) in [6, 6.07) is 9.81. The van der Waals surface area contributed by atoms with Crippen LogP contribution in [0.2, 0.25) is 0 Å². The first-order valence-electron chi connectivity index (χ1n) is 15.4. The molecule has 0 aliphatic carbocycles. The standard InChI is InChI=1S/C31H41FN5O10P/c1-6-23(7-2)15-42-28(40)20(3)36-48(41,47-24-11-9-8-10-12-24)44-17-30(16-32)29(45-21(4)38)31(18-43-30,46-22(5)39)26-14-13-25-27(33)34-19-35-37(25)26/h8-14,19-20,23,29H,6-7,15-18H2,1-5H3,(H,36,41)(H2,33,34,35)/t20-,29+,30+,31+,48-/m0/s1. The van der Waals surface area contributed by atoms with E-state index >= 15 is 4.39 Å². The van der Waals surface area contributed by atoms with Crippen molar-refractivity contribution < 1.29 is 51.3 Å². The van der Waals surface area contributed by atoms with Gasteiger partial charge >= 0.3 is 25.7 Å². The molecule has 0 amide bonds. The summed E-state index contributed by atoms with van der Waals surface area (Å²) in [5, 5.41) is 6.76. The van der Waals surface area contributed by atoms with E-state index in [0.717, 1.165) is 33.0 Å². The Labute approximate surface area is 277 Å². The van der Waals surface area contributed by atoms with Crippen molar-refractivity contribution in [1.29, 1.82) is 0 Å². The molecule has 3 heterocycles. The van der Waals surface area contributed by atoms with Gasteiger partial charge in [0, 0.05) is 13.8 Å². The molecule has 48 heavy (non-hydrogen) atoms. The topological polar surface area (TPSA) is 192 Å². The van der Waals surface area contributed by atoms with E-state index in [4.69, 9.17) is 33.7 Å². The highest BCUT2D eigenvalue weighted by atomic mass is 31.2. The number of nitrogens with one attached hydrogen (secondary N) is 1. The fraction of sp³-hybridized carbons (Fsp3) is 0.516. The smallest absolute Gasteiger partial charge is 0.459 e. The van der Waals surface area contributed by atoms with Crippen molar-refractivity contribution >= 4 is 37.0 Å². The van der Waals surface area contributed by atoms with Gasteiger partial charge in [-0.05, 0) is 37.1 Å². The number of hydrogen-bond acceptors (Lipinski definition) is 13. The van der Waals surface area contributed by atoms with Gasteiger partial charge in [0.2, 0.25) is 5.60 Å². The van der Waals surface area contributed by atoms with Crippen molar-refractivity contribution in [2.24, 2.45) is 5.92 Å². The molecule has 15 nitrogen and oxygen atoms in total. The molecule has 3 N–H and O–H groups in total. The minimum absolute atomic E-state index is 0.0925. The number of alkyl halides is 1. The maximum absolute atomic E-state index is 15.4. The summed E-state index contributed by atoms with van der Waals surface area (Å²) in [7, 11) is -4.54. The Balaban J connectivity index is 1.71. The summed E-state index contributed by atoms with van der Waals surface area (Å²) in [6.07, 6.45) is 1.05. The Morgan fingerprint density at radius 3 is 2.48 bits per heavy atom. The SMILES string of the molecule is CCC(CC)COC(=O)[C@H](C)N[P@](=O)(OC[C@@]1(CF)OC[C@@](OC(C)=O)(c2ccc3c(N)ncnn23)[C@@H]1OC(C)=O)Oc1ccccc1. The maximum Gasteiger partial charge on any atom is 0.459 e. The third-order valence-corrected chi connectivity index (χ3v) is 9.62. The van der Waals surface area contributed by atoms with E-state index in [-0.39, 0.29) is 29.8 Å². The van der Waals surface area contributed by atoms with Crippen molar-refractivity contribution in [3.8, 4) is 5.75 Å². The predicted molar refractivity (Wildman–Crippen MR) is 169 cm³/mol. The lowest BCUT2D eigenvalue weighted by Gasteiger charge is -2.38. The molecule has 0 unspecified atom stereocenters. The first kappa shape index (κ1) is 36.7. The molecule has 3 aromatic rings. The predicted octanol–water partition coefficient (Wildman–Crippen LogP) is 3.90. The molecule has 0 saturated carbocycles. The van der Waals surface area contributed by atoms with Gasteiger partial charge in [0.25, 0.3) is 0 Å². The minimum atomic E-state index is -4.54. The zero-order chi connectivity index (χ0) is 35.1. The highest BCUT2D eigenvalue weighted by Crippen LogP contribution is 2.51. The summed E-state index contributed by atoms with van der Waals surface area (Å²) in [5.74, 6) is -2.06. The number of nitrogens with zero attached hydrogens (tertiary/aromatic N) is 3. The van der Waals surface area contributed by atoms with E-state index in [1.54, 1.807) is 24.3 Å². The van der Waals surface area contributed by atoms with Gasteiger partial charge in [0.1, 0.15) is 30.3 Å². The molecule has 1 aliphatic heterocycles. The molecular formula is C31H41FN5O10P. The van der Waals surface area contributed by atoms with Gasteiger partial charge in [-0.2, -0.15) is 10.2 Å². The summed E-state index contributed by atoms with van der Waals surface area (Å²) >= 11 is 0. The van der Waals surface area contributed by atoms with Crippen LogP contribution in [0.15, 0.2) is 48.8 Å². The molecule has 1 fully saturated rings. The van der Waals surface area contributed by atoms with Crippen LogP contribution in [0.5, 0.6) is 5.75 Å². The van der Waals surface area contributed by atoms with Gasteiger partial charge < -0.3 is 29.2 Å². The second kappa shape index (κ2) is 15.4. The number of halogens is 1. The molecule has 4 rings (SSSR count). The molecule has 0 spiro atoms. The van der Waals surface area contributed by atoms with Crippen molar-refractivity contribution in [2.75, 3.05) is 32.2 Å². The number of esters is 3. The lowest BCUT2D eigenvalue weighted by atomic mass is 9.85. The van der Waals surface area contributed by atoms with Crippen LogP contribution in [0, 0.1) is 5.92 Å². The number of anilines is 1. The number of ether oxygens (including phenoxy) is 4. The average molecular weight is 694 g/mol. The third-order valence-electron chi connectivity index (χ3n) is 8.00. The Hall–Kier alpha value is -4.11. The number of hydrogen-bond donors (Lipinski definition) is 2. The molecule has 2 aromatic heterocycles. The first-order valence-corrected chi connectivity index (χ1v) is 16.9. The molecule has 5 atom stereocenters. The van der Waals surface area contributed by atoms with Crippen LogP contribution in [0.1, 0.15) is 53.2 Å². The first-order chi connectivity index (χ1) is 22.8. The van der Waals surface area contributed by atoms with Crippen LogP contribution >= 0.6 is 7.75 Å². The lowest BCUT2D eigenvalue weighted by molar-refractivity contribution is -0.189. The molecular weight excluding hydrogens is 652 g/mol. The number of nitrogen functional groups attached to an aromatic ring is 1. The minimum Gasteiger partial charge on any atom is -0.464 e. The Bertz CT molecular complexity index is 1640. The number of benzene rings is 1. The third kappa shape index (κ3) is 7.95. The van der Waals surface area contributed by atoms with Crippen LogP contribution in [0.4, 0.5) is 10.2 Å². The van der Waals surface area contributed by atoms with Gasteiger partial charge in [-0.25, -0.2) is 18.5 Å². The number of aromatic nitrogens is 3. The van der Waals surface area contributed by atoms with Gasteiger partial charge in [-0.3, -0.25) is 18.9 Å². The van der Waals surface area contributed by atoms with Crippen LogP contribution in [-0.4, -0.2) is 76.7 Å². The van der Waals surface area contributed by atoms with Crippen LogP contribution in [-0.2, 0) is 48.0 Å². The lowest BCUT2D eigenvalue weighted by Crippen LogP contribution is -2.56. The molecule has 1 aromatic carbocycles. The molecule has 262 valence electrons. The van der Waals surface area contributed by atoms with Crippen LogP contribution in [0.3, 0.4) is 0 Å². The van der Waals surface area contributed by atoms with Gasteiger partial charge in [0.15, 0.2) is 17.5 Å². The Morgan fingerprint density at radius 1 is 1.15 bits per heavy atom. The summed E-state index contributed by atoms with van der Waals surface area (Å²) in [6.45, 7) is 4.96.